The summed E-state index contributed by atoms with van der Waals surface area (Å²) in [5, 5.41) is 6.95. The lowest BCUT2D eigenvalue weighted by Gasteiger charge is -2.26. The van der Waals surface area contributed by atoms with E-state index in [-0.39, 0.29) is 17.9 Å². The van der Waals surface area contributed by atoms with E-state index in [2.05, 4.69) is 30.4 Å². The molecule has 2 N–H and O–H groups in total. The second-order valence-electron chi connectivity index (χ2n) is 8.97. The molecule has 0 aliphatic carbocycles. The predicted molar refractivity (Wildman–Crippen MR) is 139 cm³/mol. The van der Waals surface area contributed by atoms with Gasteiger partial charge >= 0.3 is 0 Å². The van der Waals surface area contributed by atoms with Crippen molar-refractivity contribution in [1.29, 1.82) is 0 Å². The van der Waals surface area contributed by atoms with Crippen LogP contribution in [0.2, 0.25) is 0 Å². The normalized spacial score (nSPS) is 16.6. The van der Waals surface area contributed by atoms with Crippen molar-refractivity contribution in [2.75, 3.05) is 32.0 Å². The highest BCUT2D eigenvalue weighted by Crippen LogP contribution is 2.30. The largest absolute Gasteiger partial charge is 0.337 e. The predicted octanol–water partition coefficient (Wildman–Crippen LogP) is 2.42. The fourth-order valence-electron chi connectivity index (χ4n) is 4.65. The van der Waals surface area contributed by atoms with E-state index in [1.54, 1.807) is 18.2 Å². The first-order valence-electron chi connectivity index (χ1n) is 12.0. The van der Waals surface area contributed by atoms with Crippen molar-refractivity contribution in [3.05, 3.63) is 59.4 Å². The second kappa shape index (κ2) is 11.0. The highest BCUT2D eigenvalue weighted by atomic mass is 28.1. The summed E-state index contributed by atoms with van der Waals surface area (Å²) >= 11 is 0. The number of carbonyl (C=O) groups excluding carboxylic acids is 2. The van der Waals surface area contributed by atoms with Gasteiger partial charge in [-0.3, -0.25) is 19.9 Å². The maximum atomic E-state index is 13.2. The van der Waals surface area contributed by atoms with Crippen LogP contribution in [0.25, 0.3) is 11.0 Å². The summed E-state index contributed by atoms with van der Waals surface area (Å²) in [5.41, 5.74) is 3.81. The zero-order valence-corrected chi connectivity index (χ0v) is 21.5. The van der Waals surface area contributed by atoms with Crippen LogP contribution in [0.15, 0.2) is 42.5 Å². The molecule has 3 heterocycles. The molecule has 3 aromatic rings. The molecule has 1 atom stereocenters. The molecule has 4 rings (SSSR count). The average molecular weight is 488 g/mol. The minimum Gasteiger partial charge on any atom is -0.337 e. The maximum Gasteiger partial charge on any atom is 0.258 e. The topological polar surface area (TPSA) is 92.2 Å². The first-order valence-corrected chi connectivity index (χ1v) is 12.5. The molecule has 8 nitrogen and oxygen atoms in total. The van der Waals surface area contributed by atoms with Crippen LogP contribution in [0.3, 0.4) is 0 Å². The van der Waals surface area contributed by atoms with E-state index < -0.39 is 0 Å². The van der Waals surface area contributed by atoms with Crippen LogP contribution in [-0.4, -0.2) is 68.2 Å². The van der Waals surface area contributed by atoms with Gasteiger partial charge in [0.1, 0.15) is 0 Å². The number of anilines is 1. The number of hydrogen-bond acceptors (Lipinski definition) is 5. The number of likely N-dealkylation sites (tertiary alicyclic amines) is 1. The minimum atomic E-state index is -0.234. The maximum absolute atomic E-state index is 13.2. The van der Waals surface area contributed by atoms with Gasteiger partial charge in [0.05, 0.1) is 27.3 Å². The number of amides is 2. The van der Waals surface area contributed by atoms with Crippen LogP contribution in [-0.2, 0) is 4.79 Å². The van der Waals surface area contributed by atoms with E-state index in [1.807, 2.05) is 50.1 Å². The molecule has 2 amide bonds. The Balaban J connectivity index is 1.71. The lowest BCUT2D eigenvalue weighted by Crippen LogP contribution is -2.35. The third-order valence-corrected chi connectivity index (χ3v) is 6.59. The van der Waals surface area contributed by atoms with Gasteiger partial charge in [0.2, 0.25) is 11.9 Å². The van der Waals surface area contributed by atoms with Crippen LogP contribution in [0.5, 0.6) is 0 Å². The average Bonchev–Trinajstić information content (AvgIpc) is 3.01. The first kappa shape index (κ1) is 24.8. The number of nitrogens with one attached hydrogen (secondary N) is 2. The zero-order valence-electron chi connectivity index (χ0n) is 20.5. The van der Waals surface area contributed by atoms with Crippen molar-refractivity contribution in [1.82, 2.24) is 24.8 Å². The van der Waals surface area contributed by atoms with E-state index in [4.69, 9.17) is 4.98 Å². The van der Waals surface area contributed by atoms with Gasteiger partial charge in [-0.05, 0) is 63.5 Å². The quantitative estimate of drug-likeness (QED) is 0.412. The van der Waals surface area contributed by atoms with E-state index >= 15 is 0 Å². The van der Waals surface area contributed by atoms with Gasteiger partial charge in [-0.1, -0.05) is 18.2 Å². The van der Waals surface area contributed by atoms with Gasteiger partial charge < -0.3 is 14.8 Å². The summed E-state index contributed by atoms with van der Waals surface area (Å²) in [4.78, 5) is 37.1. The molecule has 1 aromatic carbocycles. The highest BCUT2D eigenvalue weighted by Gasteiger charge is 2.27. The minimum absolute atomic E-state index is 0.00323. The number of para-hydroxylation sites is 1. The molecule has 0 unspecified atom stereocenters. The summed E-state index contributed by atoms with van der Waals surface area (Å²) in [5.74, 6) is 0.249. The highest BCUT2D eigenvalue weighted by molar-refractivity contribution is 6.38. The lowest BCUT2D eigenvalue weighted by atomic mass is 10.1. The van der Waals surface area contributed by atoms with Crippen molar-refractivity contribution in [2.24, 2.45) is 0 Å². The fourth-order valence-corrected chi connectivity index (χ4v) is 4.99. The fraction of sp³-hybridized carbons (Fsp3) is 0.385. The Morgan fingerprint density at radius 1 is 1.17 bits per heavy atom. The Bertz CT molecular complexity index is 1250. The molecule has 0 bridgehead atoms. The van der Waals surface area contributed by atoms with E-state index in [0.29, 0.717) is 31.1 Å². The van der Waals surface area contributed by atoms with Crippen LogP contribution >= 0.6 is 0 Å². The third kappa shape index (κ3) is 5.68. The number of carbonyl (C=O) groups is 2. The van der Waals surface area contributed by atoms with Gasteiger partial charge in [0, 0.05) is 42.7 Å². The van der Waals surface area contributed by atoms with Crippen molar-refractivity contribution in [2.45, 2.75) is 39.2 Å². The number of benzene rings is 1. The standard InChI is InChI=1S/C26H31N6O2Si/c1-17-14-19(15-18(2)28-17)25(34)30-26-29-21-9-6-10-22(35)24(21)32(26)20-8-4-5-13-31(16-20)23(33)11-7-12-27-3/h6-7,9-11,14-15,20,27H,4-5,8,12-13,16H2,1-3H3,(H,29,30,34)/b11-7+/t20-/m1/s1. The molecule has 0 spiro atoms. The molecule has 1 aliphatic heterocycles. The third-order valence-electron chi connectivity index (χ3n) is 6.18. The molecule has 1 aliphatic rings. The number of likely N-dealkylation sites (N-methyl/N-ethyl adjacent to an activating group) is 1. The number of fused-ring (bicyclic) bond motifs is 1. The smallest absolute Gasteiger partial charge is 0.258 e. The number of rotatable bonds is 6. The zero-order chi connectivity index (χ0) is 24.9. The van der Waals surface area contributed by atoms with Crippen LogP contribution in [0, 0.1) is 13.8 Å². The number of nitrogens with zero attached hydrogens (tertiary/aromatic N) is 4. The number of pyridine rings is 1. The molecule has 2 aromatic heterocycles. The monoisotopic (exact) mass is 487 g/mol. The van der Waals surface area contributed by atoms with E-state index in [1.165, 1.54) is 0 Å². The molecule has 0 saturated carbocycles. The molecule has 9 heteroatoms. The number of aromatic nitrogens is 3. The van der Waals surface area contributed by atoms with Gasteiger partial charge in [0.15, 0.2) is 0 Å². The molecule has 35 heavy (non-hydrogen) atoms. The van der Waals surface area contributed by atoms with Crippen LogP contribution in [0.1, 0.15) is 47.1 Å². The van der Waals surface area contributed by atoms with Crippen molar-refractivity contribution < 1.29 is 9.59 Å². The summed E-state index contributed by atoms with van der Waals surface area (Å²) in [6, 6.07) is 9.35. The molecule has 181 valence electrons. The van der Waals surface area contributed by atoms with Crippen molar-refractivity contribution >= 4 is 44.2 Å². The Kier molecular flexibility index (Phi) is 7.77. The molecular formula is C26H31N6O2Si. The molecule has 1 fully saturated rings. The number of imidazole rings is 1. The molecule has 3 radical (unpaired) electrons. The Labute approximate surface area is 209 Å². The summed E-state index contributed by atoms with van der Waals surface area (Å²) in [7, 11) is 5.59. The van der Waals surface area contributed by atoms with Crippen LogP contribution < -0.4 is 15.8 Å². The Morgan fingerprint density at radius 3 is 2.69 bits per heavy atom. The number of hydrogen-bond donors (Lipinski definition) is 2. The summed E-state index contributed by atoms with van der Waals surface area (Å²) in [6.07, 6.45) is 6.28. The number of aryl methyl sites for hydroxylation is 2. The van der Waals surface area contributed by atoms with E-state index in [0.717, 1.165) is 46.9 Å². The second-order valence-corrected chi connectivity index (χ2v) is 9.50. The van der Waals surface area contributed by atoms with Crippen molar-refractivity contribution in [3.63, 3.8) is 0 Å². The molecule has 1 saturated heterocycles. The van der Waals surface area contributed by atoms with Gasteiger partial charge in [-0.2, -0.15) is 0 Å². The van der Waals surface area contributed by atoms with Crippen molar-refractivity contribution in [3.8, 4) is 0 Å². The van der Waals surface area contributed by atoms with E-state index in [9.17, 15) is 9.59 Å². The molecular weight excluding hydrogens is 456 g/mol. The Morgan fingerprint density at radius 2 is 1.94 bits per heavy atom. The summed E-state index contributed by atoms with van der Waals surface area (Å²) < 4.78 is 2.08. The van der Waals surface area contributed by atoms with Gasteiger partial charge in [-0.15, -0.1) is 0 Å². The summed E-state index contributed by atoms with van der Waals surface area (Å²) in [6.45, 7) is 5.65. The van der Waals surface area contributed by atoms with Gasteiger partial charge in [0.25, 0.3) is 5.91 Å². The van der Waals surface area contributed by atoms with Gasteiger partial charge in [-0.25, -0.2) is 4.98 Å². The first-order chi connectivity index (χ1) is 16.9. The lowest BCUT2D eigenvalue weighted by molar-refractivity contribution is -0.126. The van der Waals surface area contributed by atoms with Crippen LogP contribution in [0.4, 0.5) is 5.95 Å². The Hall–Kier alpha value is -3.30. The SMILES string of the molecule is CNC/C=C/C(=O)N1CCCC[C@@H](n2c(NC(=O)c3cc(C)nc(C)c3)nc3cccc([Si])c32)C1.